The fourth-order valence-electron chi connectivity index (χ4n) is 12.6. The number of nitrogens with zero attached hydrogens (tertiary/aromatic N) is 12. The smallest absolute Gasteiger partial charge is 0.166 e. The Morgan fingerprint density at radius 3 is 1.43 bits per heavy atom. The zero-order valence-corrected chi connectivity index (χ0v) is 45.4. The maximum absolute atomic E-state index is 14.4. The molecule has 0 saturated carbocycles. The molecule has 6 aliphatic rings. The quantitative estimate of drug-likeness (QED) is 0.0926. The van der Waals surface area contributed by atoms with E-state index < -0.39 is 0 Å². The number of likely N-dealkylation sites (tertiary alicyclic amines) is 2. The number of anilines is 4. The van der Waals surface area contributed by atoms with Crippen molar-refractivity contribution in [3.05, 3.63) is 58.4 Å². The molecule has 74 heavy (non-hydrogen) atoms. The first-order valence-corrected chi connectivity index (χ1v) is 28.5. The minimum Gasteiger partial charge on any atom is -0.394 e. The standard InChI is InChI=1S/C51H70Cl2N14O5S2/c1-31(64-23-39(54)50(29-64)9-17-62(18-10-50)46-35(27-70)60-41(21-58-46)73-37-7-13-56-48(43(37)52)66-15-3-5-33(66)25-68)45(72)32(2)65-24-40(55)51(30-65)11-19-63(20-12-51)47-36(28-71)61-42(22-59-47)74-38-8-14-57-49(44(38)53)67-16-4-6-34(67)26-69/h7-8,13-14,21-22,31-34,39-40,68-71H,3-6,9-12,15-20,23-30,54-55H2,1-2H3/t31?,32?,33?,34?,39-,40-/m1/s1. The van der Waals surface area contributed by atoms with Gasteiger partial charge in [0, 0.05) is 111 Å². The van der Waals surface area contributed by atoms with Crippen molar-refractivity contribution in [2.75, 3.05) is 98.3 Å². The number of nitrogens with two attached hydrogens (primary N) is 2. The second kappa shape index (κ2) is 22.7. The molecule has 0 bridgehead atoms. The van der Waals surface area contributed by atoms with Crippen LogP contribution in [0.15, 0.2) is 56.8 Å². The third-order valence-corrected chi connectivity index (χ3v) is 20.1. The highest BCUT2D eigenvalue weighted by atomic mass is 35.5. The van der Waals surface area contributed by atoms with Crippen molar-refractivity contribution >= 4 is 75.8 Å². The van der Waals surface area contributed by atoms with Gasteiger partial charge in [-0.25, -0.2) is 29.9 Å². The average Bonchev–Trinajstić information content (AvgIpc) is 4.24. The van der Waals surface area contributed by atoms with E-state index in [0.29, 0.717) is 94.0 Å². The van der Waals surface area contributed by atoms with Crippen LogP contribution in [0.1, 0.15) is 76.6 Å². The van der Waals surface area contributed by atoms with E-state index in [4.69, 9.17) is 54.6 Å². The number of carbonyl (C=O) groups is 1. The largest absolute Gasteiger partial charge is 0.394 e. The van der Waals surface area contributed by atoms with Gasteiger partial charge < -0.3 is 51.5 Å². The van der Waals surface area contributed by atoms with Gasteiger partial charge in [-0.05, 0) is 77.3 Å². The van der Waals surface area contributed by atoms with Crippen LogP contribution >= 0.6 is 46.7 Å². The Morgan fingerprint density at radius 2 is 1.05 bits per heavy atom. The predicted molar refractivity (Wildman–Crippen MR) is 288 cm³/mol. The molecule has 19 nitrogen and oxygen atoms in total. The normalized spacial score (nSPS) is 25.0. The summed E-state index contributed by atoms with van der Waals surface area (Å²) in [4.78, 5) is 57.4. The van der Waals surface area contributed by atoms with Crippen LogP contribution < -0.4 is 31.1 Å². The number of ketones is 1. The fourth-order valence-corrected chi connectivity index (χ4v) is 14.9. The van der Waals surface area contributed by atoms with Gasteiger partial charge in [-0.3, -0.25) is 14.6 Å². The summed E-state index contributed by atoms with van der Waals surface area (Å²) in [6, 6.07) is 2.88. The first-order chi connectivity index (χ1) is 35.8. The van der Waals surface area contributed by atoms with Crippen molar-refractivity contribution in [2.24, 2.45) is 22.3 Å². The van der Waals surface area contributed by atoms with E-state index in [1.54, 1.807) is 24.8 Å². The van der Waals surface area contributed by atoms with E-state index in [0.717, 1.165) is 87.3 Å². The van der Waals surface area contributed by atoms with Gasteiger partial charge in [0.25, 0.3) is 0 Å². The first-order valence-electron chi connectivity index (χ1n) is 26.1. The summed E-state index contributed by atoms with van der Waals surface area (Å²) < 4.78 is 0. The third kappa shape index (κ3) is 10.4. The van der Waals surface area contributed by atoms with Crippen LogP contribution in [-0.2, 0) is 18.0 Å². The van der Waals surface area contributed by atoms with E-state index in [9.17, 15) is 25.2 Å². The van der Waals surface area contributed by atoms with Crippen LogP contribution in [0.2, 0.25) is 10.0 Å². The number of aromatic nitrogens is 6. The number of Topliss-reactive ketones (excluding diaryl/α,β-unsaturated/α-hetero) is 1. The highest BCUT2D eigenvalue weighted by Crippen LogP contribution is 2.46. The van der Waals surface area contributed by atoms with E-state index >= 15 is 0 Å². The molecule has 6 fully saturated rings. The molecule has 0 aromatic carbocycles. The molecule has 6 atom stereocenters. The topological polar surface area (TPSA) is 247 Å². The number of rotatable bonds is 16. The molecule has 10 rings (SSSR count). The van der Waals surface area contributed by atoms with Gasteiger partial charge in [0.2, 0.25) is 0 Å². The van der Waals surface area contributed by atoms with E-state index in [2.05, 4.69) is 39.4 Å². The Kier molecular flexibility index (Phi) is 16.5. The predicted octanol–water partition coefficient (Wildman–Crippen LogP) is 4.08. The summed E-state index contributed by atoms with van der Waals surface area (Å²) in [7, 11) is 0. The molecular weight excluding hydrogens is 1020 g/mol. The molecule has 6 aliphatic heterocycles. The number of halogens is 2. The lowest BCUT2D eigenvalue weighted by atomic mass is 9.74. The lowest BCUT2D eigenvalue weighted by Crippen LogP contribution is -2.50. The maximum Gasteiger partial charge on any atom is 0.166 e. The van der Waals surface area contributed by atoms with Crippen LogP contribution in [0, 0.1) is 10.8 Å². The van der Waals surface area contributed by atoms with Crippen LogP contribution in [0.5, 0.6) is 0 Å². The number of piperidine rings is 2. The van der Waals surface area contributed by atoms with Gasteiger partial charge in [0.1, 0.15) is 33.1 Å². The van der Waals surface area contributed by atoms with Crippen molar-refractivity contribution < 1.29 is 25.2 Å². The molecule has 23 heteroatoms. The Morgan fingerprint density at radius 1 is 0.649 bits per heavy atom. The van der Waals surface area contributed by atoms with Gasteiger partial charge in [-0.1, -0.05) is 46.7 Å². The van der Waals surface area contributed by atoms with Gasteiger partial charge in [-0.15, -0.1) is 0 Å². The van der Waals surface area contributed by atoms with Crippen molar-refractivity contribution in [1.29, 1.82) is 0 Å². The van der Waals surface area contributed by atoms with Crippen molar-refractivity contribution in [2.45, 2.75) is 135 Å². The number of hydrogen-bond donors (Lipinski definition) is 6. The Balaban J connectivity index is 0.719. The SMILES string of the molecule is CC(C(=O)C(C)N1C[C@@H](N)C2(CCN(c3ncc(Sc4ccnc(N5CCCC5CO)c4Cl)nc3CO)CC2)C1)N1C[C@@H](N)C2(CCN(c3ncc(Sc4ccnc(N5CCCC5CO)c4Cl)nc3CO)CC2)C1. The Hall–Kier alpha value is -3.71. The molecule has 2 spiro atoms. The molecule has 0 radical (unpaired) electrons. The van der Waals surface area contributed by atoms with Crippen molar-refractivity contribution in [3.8, 4) is 0 Å². The number of carbonyl (C=O) groups excluding carboxylic acids is 1. The molecule has 10 heterocycles. The molecule has 400 valence electrons. The lowest BCUT2D eigenvalue weighted by Gasteiger charge is -2.43. The molecule has 4 aromatic heterocycles. The summed E-state index contributed by atoms with van der Waals surface area (Å²) >= 11 is 16.5. The number of aliphatic hydroxyl groups excluding tert-OH is 4. The third-order valence-electron chi connectivity index (χ3n) is 17.2. The number of pyridine rings is 2. The monoisotopic (exact) mass is 1090 g/mol. The first kappa shape index (κ1) is 53.7. The van der Waals surface area contributed by atoms with E-state index in [-0.39, 0.29) is 79.3 Å². The molecule has 0 amide bonds. The zero-order chi connectivity index (χ0) is 51.9. The fraction of sp³-hybridized carbons (Fsp3) is 0.627. The molecule has 4 aromatic rings. The second-order valence-corrected chi connectivity index (χ2v) is 24.1. The molecule has 4 unspecified atom stereocenters. The summed E-state index contributed by atoms with van der Waals surface area (Å²) in [5.41, 5.74) is 14.7. The van der Waals surface area contributed by atoms with Crippen LogP contribution in [-0.4, -0.2) is 181 Å². The number of hydrogen-bond acceptors (Lipinski definition) is 21. The van der Waals surface area contributed by atoms with Gasteiger partial charge in [-0.2, -0.15) is 0 Å². The van der Waals surface area contributed by atoms with Crippen LogP contribution in [0.25, 0.3) is 0 Å². The lowest BCUT2D eigenvalue weighted by molar-refractivity contribution is -0.128. The van der Waals surface area contributed by atoms with E-state index in [1.807, 2.05) is 26.0 Å². The van der Waals surface area contributed by atoms with Crippen LogP contribution in [0.3, 0.4) is 0 Å². The van der Waals surface area contributed by atoms with Crippen LogP contribution in [0.4, 0.5) is 23.3 Å². The highest BCUT2D eigenvalue weighted by molar-refractivity contribution is 7.99. The van der Waals surface area contributed by atoms with Gasteiger partial charge in [0.15, 0.2) is 17.4 Å². The minimum absolute atomic E-state index is 0.00677. The van der Waals surface area contributed by atoms with Crippen molar-refractivity contribution in [3.63, 3.8) is 0 Å². The van der Waals surface area contributed by atoms with Gasteiger partial charge >= 0.3 is 0 Å². The zero-order valence-electron chi connectivity index (χ0n) is 42.3. The Labute approximate surface area is 451 Å². The summed E-state index contributed by atoms with van der Waals surface area (Å²) in [6.45, 7) is 10.8. The minimum atomic E-state index is -0.312. The highest BCUT2D eigenvalue weighted by Gasteiger charge is 2.52. The molecular formula is C51H70Cl2N14O5S2. The maximum atomic E-state index is 14.4. The molecule has 6 saturated heterocycles. The summed E-state index contributed by atoms with van der Waals surface area (Å²) in [6.07, 6.45) is 13.9. The second-order valence-electron chi connectivity index (χ2n) is 21.2. The number of aliphatic hydroxyl groups is 4. The average molecular weight is 1090 g/mol. The summed E-state index contributed by atoms with van der Waals surface area (Å²) in [5.74, 6) is 2.81. The van der Waals surface area contributed by atoms with Crippen molar-refractivity contribution in [1.82, 2.24) is 39.7 Å². The summed E-state index contributed by atoms with van der Waals surface area (Å²) in [5, 5.41) is 43.0. The van der Waals surface area contributed by atoms with E-state index in [1.165, 1.54) is 23.5 Å². The van der Waals surface area contributed by atoms with Gasteiger partial charge in [0.05, 0.1) is 73.0 Å². The molecule has 8 N–H and O–H groups in total. The molecule has 0 aliphatic carbocycles. The Bertz CT molecular complexity index is 2470.